The Hall–Kier alpha value is -8.02. The number of fused-ring (bicyclic) bond motifs is 4. The third-order valence-electron chi connectivity index (χ3n) is 11.6. The number of hydrogen-bond donors (Lipinski definition) is 0. The lowest BCUT2D eigenvalue weighted by molar-refractivity contribution is -0.571. The summed E-state index contributed by atoms with van der Waals surface area (Å²) in [4.78, 5) is 4.82. The molecular weight excluding hydrogens is 793 g/mol. The highest BCUT2D eigenvalue weighted by Gasteiger charge is 2.22. The molecular formula is C60H48N4O. The van der Waals surface area contributed by atoms with E-state index in [4.69, 9.17) is 31.7 Å². The first-order chi connectivity index (χ1) is 38.3. The highest BCUT2D eigenvalue weighted by atomic mass is 16.5. The third kappa shape index (κ3) is 7.16. The second kappa shape index (κ2) is 16.0. The normalized spacial score (nSPS) is 15.7. The Morgan fingerprint density at radius 3 is 2.00 bits per heavy atom. The van der Waals surface area contributed by atoms with Crippen LogP contribution in [0.25, 0.3) is 83.4 Å². The van der Waals surface area contributed by atoms with Gasteiger partial charge in [-0.1, -0.05) is 154 Å². The van der Waals surface area contributed by atoms with Crippen LogP contribution >= 0.6 is 0 Å². The maximum atomic E-state index is 9.16. The molecule has 3 aromatic heterocycles. The van der Waals surface area contributed by atoms with E-state index >= 15 is 0 Å². The van der Waals surface area contributed by atoms with Gasteiger partial charge in [-0.2, -0.15) is 0 Å². The van der Waals surface area contributed by atoms with Crippen molar-refractivity contribution in [2.45, 2.75) is 39.9 Å². The number of imidazole rings is 1. The number of ether oxygens (including phenoxy) is 1. The van der Waals surface area contributed by atoms with E-state index in [1.54, 1.807) is 47.2 Å². The van der Waals surface area contributed by atoms with Gasteiger partial charge in [-0.15, -0.1) is 0 Å². The highest BCUT2D eigenvalue weighted by Crippen LogP contribution is 2.38. The highest BCUT2D eigenvalue weighted by molar-refractivity contribution is 6.09. The van der Waals surface area contributed by atoms with Gasteiger partial charge in [-0.25, -0.2) is 4.98 Å². The van der Waals surface area contributed by atoms with Gasteiger partial charge in [0, 0.05) is 31.3 Å². The van der Waals surface area contributed by atoms with Crippen molar-refractivity contribution < 1.29 is 31.2 Å². The fraction of sp³-hybridized carbons (Fsp3) is 0.100. The molecule has 0 bridgehead atoms. The average Bonchev–Trinajstić information content (AvgIpc) is 4.18. The number of hydrogen-bond acceptors (Lipinski definition) is 2. The summed E-state index contributed by atoms with van der Waals surface area (Å²) >= 11 is 0. The lowest BCUT2D eigenvalue weighted by atomic mass is 9.88. The lowest BCUT2D eigenvalue weighted by Crippen LogP contribution is -2.31. The molecule has 11 rings (SSSR count). The van der Waals surface area contributed by atoms with E-state index in [-0.39, 0.29) is 66.6 Å². The lowest BCUT2D eigenvalue weighted by Gasteiger charge is -2.20. The fourth-order valence-corrected chi connectivity index (χ4v) is 8.53. The van der Waals surface area contributed by atoms with Gasteiger partial charge in [-0.05, 0) is 124 Å². The molecule has 0 spiro atoms. The Bertz CT molecular complexity index is 4240. The first-order valence-electron chi connectivity index (χ1n) is 29.0. The SMILES string of the molecule is [2H]c1c([2H])c([2H])c(-c2cccc(-c3c([2H])c([2H])c([2H])c([2H])c3[2H])c2-[n+]2[c-]n(-c3cccc(Oc4ccc5c6ccccc6n(-c6cc(C(C)(C)C)ccn6)c5c4)c3)c3cc(-c4c(C([2H])([2H])[2H])cccc4C([2H])([2H])[2H])ccc32)c([2H])c1[2H]. The molecule has 8 aromatic carbocycles. The Kier molecular flexibility index (Phi) is 6.37. The summed E-state index contributed by atoms with van der Waals surface area (Å²) in [7, 11) is 0. The van der Waals surface area contributed by atoms with Crippen molar-refractivity contribution in [1.29, 1.82) is 0 Å². The molecule has 0 radical (unpaired) electrons. The molecule has 0 atom stereocenters. The molecule has 0 saturated heterocycles. The molecule has 0 saturated carbocycles. The first kappa shape index (κ1) is 25.9. The van der Waals surface area contributed by atoms with Gasteiger partial charge >= 0.3 is 0 Å². The third-order valence-corrected chi connectivity index (χ3v) is 11.6. The number of benzene rings is 8. The van der Waals surface area contributed by atoms with Gasteiger partial charge in [-0.3, -0.25) is 13.7 Å². The van der Waals surface area contributed by atoms with Gasteiger partial charge in [0.05, 0.1) is 47.1 Å². The number of para-hydroxylation sites is 2. The summed E-state index contributed by atoms with van der Waals surface area (Å²) in [6.45, 7) is 0.902. The summed E-state index contributed by atoms with van der Waals surface area (Å²) in [5, 5.41) is 1.99. The largest absolute Gasteiger partial charge is 0.458 e. The molecule has 3 heterocycles. The summed E-state index contributed by atoms with van der Waals surface area (Å²) in [6.07, 6.45) is 5.19. The predicted molar refractivity (Wildman–Crippen MR) is 267 cm³/mol. The van der Waals surface area contributed by atoms with Crippen molar-refractivity contribution in [2.24, 2.45) is 0 Å². The molecule has 0 fully saturated rings. The average molecular weight is 857 g/mol. The van der Waals surface area contributed by atoms with Crippen LogP contribution in [-0.4, -0.2) is 14.1 Å². The van der Waals surface area contributed by atoms with Crippen LogP contribution in [0.3, 0.4) is 0 Å². The zero-order valence-electron chi connectivity index (χ0n) is 51.5. The van der Waals surface area contributed by atoms with E-state index in [0.717, 1.165) is 33.2 Å². The van der Waals surface area contributed by atoms with E-state index in [2.05, 4.69) is 43.8 Å². The Morgan fingerprint density at radius 1 is 0.600 bits per heavy atom. The predicted octanol–water partition coefficient (Wildman–Crippen LogP) is 14.9. The standard InChI is InChI=1S/C60H48N4O/c1-40-17-14-18-41(2)58(40)44-29-32-54-56(35-44)62(39-63(54)59-49(42-19-8-6-9-20-42)26-16-27-50(59)43-21-10-7-11-22-43)46-23-15-24-47(37-46)65-48-30-31-52-51-25-12-13-28-53(51)64(55(52)38-48)57-36-45(33-34-61-57)60(3,4)5/h6-38H,1-5H3/i1D3,2D3,6D,7D,8D,9D,10D,11D,19D,20D,21D,22D. The molecule has 5 heteroatoms. The van der Waals surface area contributed by atoms with E-state index in [1.165, 1.54) is 47.0 Å². The van der Waals surface area contributed by atoms with Gasteiger partial charge in [0.2, 0.25) is 0 Å². The number of nitrogens with zero attached hydrogens (tertiary/aromatic N) is 4. The zero-order chi connectivity index (χ0) is 57.9. The van der Waals surface area contributed by atoms with E-state index in [0.29, 0.717) is 17.2 Å². The second-order valence-electron chi connectivity index (χ2n) is 16.7. The molecule has 11 aromatic rings. The van der Waals surface area contributed by atoms with Crippen LogP contribution < -0.4 is 9.30 Å². The molecule has 0 N–H and O–H groups in total. The zero-order valence-corrected chi connectivity index (χ0v) is 35.5. The van der Waals surface area contributed by atoms with Crippen LogP contribution in [-0.2, 0) is 5.41 Å². The molecule has 65 heavy (non-hydrogen) atoms. The van der Waals surface area contributed by atoms with Crippen molar-refractivity contribution in [3.8, 4) is 62.1 Å². The molecule has 0 unspecified atom stereocenters. The summed E-state index contributed by atoms with van der Waals surface area (Å²) in [6, 6.07) is 32.0. The van der Waals surface area contributed by atoms with E-state index in [9.17, 15) is 0 Å². The quantitative estimate of drug-likeness (QED) is 0.113. The Labute approximate surface area is 402 Å². The van der Waals surface area contributed by atoms with Gasteiger partial charge in [0.25, 0.3) is 6.33 Å². The smallest absolute Gasteiger partial charge is 0.269 e. The molecule has 0 aliphatic carbocycles. The maximum Gasteiger partial charge on any atom is 0.269 e. The van der Waals surface area contributed by atoms with Gasteiger partial charge < -0.3 is 4.74 Å². The van der Waals surface area contributed by atoms with Crippen molar-refractivity contribution in [3.63, 3.8) is 0 Å². The van der Waals surface area contributed by atoms with Gasteiger partial charge in [0.15, 0.2) is 0 Å². The van der Waals surface area contributed by atoms with Crippen LogP contribution in [0.1, 0.15) is 59.4 Å². The molecule has 0 aliphatic rings. The summed E-state index contributed by atoms with van der Waals surface area (Å²) < 4.78 is 151. The van der Waals surface area contributed by atoms with Crippen molar-refractivity contribution >= 4 is 32.8 Å². The number of aryl methyl sites for hydroxylation is 2. The van der Waals surface area contributed by atoms with Crippen molar-refractivity contribution in [1.82, 2.24) is 14.1 Å². The molecule has 0 amide bonds. The van der Waals surface area contributed by atoms with Crippen LogP contribution in [0.4, 0.5) is 0 Å². The minimum Gasteiger partial charge on any atom is -0.458 e. The minimum atomic E-state index is -2.77. The number of rotatable bonds is 8. The minimum absolute atomic E-state index is 0.00310. The first-order valence-corrected chi connectivity index (χ1v) is 21.0. The molecule has 5 nitrogen and oxygen atoms in total. The van der Waals surface area contributed by atoms with E-state index < -0.39 is 74.1 Å². The summed E-state index contributed by atoms with van der Waals surface area (Å²) in [5.41, 5.74) is 2.87. The summed E-state index contributed by atoms with van der Waals surface area (Å²) in [5.74, 6) is 1.56. The fourth-order valence-electron chi connectivity index (χ4n) is 8.53. The Balaban J connectivity index is 1.18. The van der Waals surface area contributed by atoms with E-state index in [1.807, 2.05) is 42.5 Å². The monoisotopic (exact) mass is 856 g/mol. The van der Waals surface area contributed by atoms with Crippen LogP contribution in [0, 0.1) is 20.0 Å². The topological polar surface area (TPSA) is 35.9 Å². The molecule has 0 aliphatic heterocycles. The van der Waals surface area contributed by atoms with Gasteiger partial charge in [0.1, 0.15) is 17.3 Å². The number of aromatic nitrogens is 4. The van der Waals surface area contributed by atoms with Crippen molar-refractivity contribution in [2.75, 3.05) is 0 Å². The van der Waals surface area contributed by atoms with Crippen LogP contribution in [0.5, 0.6) is 11.5 Å². The van der Waals surface area contributed by atoms with Crippen LogP contribution in [0.15, 0.2) is 200 Å². The Morgan fingerprint density at radius 2 is 1.28 bits per heavy atom. The van der Waals surface area contributed by atoms with Crippen molar-refractivity contribution in [3.05, 3.63) is 223 Å². The number of pyridine rings is 1. The molecule has 314 valence electrons. The van der Waals surface area contributed by atoms with Crippen LogP contribution in [0.2, 0.25) is 0 Å². The second-order valence-corrected chi connectivity index (χ2v) is 16.7. The maximum absolute atomic E-state index is 9.16.